The van der Waals surface area contributed by atoms with Gasteiger partial charge in [0.05, 0.1) is 0 Å². The summed E-state index contributed by atoms with van der Waals surface area (Å²) < 4.78 is 0. The molecule has 0 amide bonds. The molecule has 84 valence electrons. The Labute approximate surface area is 88.6 Å². The van der Waals surface area contributed by atoms with Crippen molar-refractivity contribution in [1.29, 1.82) is 0 Å². The lowest BCUT2D eigenvalue weighted by atomic mass is 9.83. The number of hydrogen-bond acceptors (Lipinski definition) is 2. The maximum Gasteiger partial charge on any atom is 0.00990 e. The highest BCUT2D eigenvalue weighted by Gasteiger charge is 2.23. The molecule has 0 aromatic rings. The van der Waals surface area contributed by atoms with Gasteiger partial charge in [-0.05, 0) is 65.3 Å². The van der Waals surface area contributed by atoms with Gasteiger partial charge in [0.25, 0.3) is 0 Å². The minimum Gasteiger partial charge on any atom is -0.330 e. The van der Waals surface area contributed by atoms with Gasteiger partial charge in [0, 0.05) is 11.6 Å². The SMILES string of the molecule is CC(C)(C)NC1CCC(CCN)CC1. The van der Waals surface area contributed by atoms with Gasteiger partial charge in [0.15, 0.2) is 0 Å². The van der Waals surface area contributed by atoms with Crippen molar-refractivity contribution in [3.8, 4) is 0 Å². The Kier molecular flexibility index (Phi) is 4.39. The van der Waals surface area contributed by atoms with Crippen LogP contribution in [0.2, 0.25) is 0 Å². The van der Waals surface area contributed by atoms with E-state index in [0.717, 1.165) is 18.5 Å². The normalized spacial score (nSPS) is 29.1. The van der Waals surface area contributed by atoms with E-state index in [1.54, 1.807) is 0 Å². The number of rotatable bonds is 3. The van der Waals surface area contributed by atoms with Crippen molar-refractivity contribution in [3.63, 3.8) is 0 Å². The van der Waals surface area contributed by atoms with Crippen molar-refractivity contribution in [1.82, 2.24) is 5.32 Å². The molecule has 0 unspecified atom stereocenters. The lowest BCUT2D eigenvalue weighted by Gasteiger charge is -2.34. The van der Waals surface area contributed by atoms with Crippen LogP contribution in [-0.2, 0) is 0 Å². The Morgan fingerprint density at radius 3 is 2.14 bits per heavy atom. The van der Waals surface area contributed by atoms with Crippen LogP contribution < -0.4 is 11.1 Å². The largest absolute Gasteiger partial charge is 0.330 e. The summed E-state index contributed by atoms with van der Waals surface area (Å²) in [6, 6.07) is 0.740. The minimum atomic E-state index is 0.269. The molecule has 0 aromatic heterocycles. The van der Waals surface area contributed by atoms with Crippen LogP contribution in [0.25, 0.3) is 0 Å². The van der Waals surface area contributed by atoms with Crippen molar-refractivity contribution < 1.29 is 0 Å². The zero-order valence-electron chi connectivity index (χ0n) is 9.97. The highest BCUT2D eigenvalue weighted by Crippen LogP contribution is 2.27. The van der Waals surface area contributed by atoms with Crippen LogP contribution in [0.15, 0.2) is 0 Å². The zero-order valence-corrected chi connectivity index (χ0v) is 9.97. The first kappa shape index (κ1) is 12.0. The molecule has 0 atom stereocenters. The fourth-order valence-corrected chi connectivity index (χ4v) is 2.44. The van der Waals surface area contributed by atoms with Crippen molar-refractivity contribution in [2.24, 2.45) is 11.7 Å². The van der Waals surface area contributed by atoms with E-state index in [0.29, 0.717) is 0 Å². The summed E-state index contributed by atoms with van der Waals surface area (Å²) in [6.45, 7) is 7.61. The summed E-state index contributed by atoms with van der Waals surface area (Å²) in [6.07, 6.45) is 6.63. The Morgan fingerprint density at radius 1 is 1.14 bits per heavy atom. The van der Waals surface area contributed by atoms with Gasteiger partial charge >= 0.3 is 0 Å². The van der Waals surface area contributed by atoms with E-state index < -0.39 is 0 Å². The topological polar surface area (TPSA) is 38.0 Å². The highest BCUT2D eigenvalue weighted by atomic mass is 15.0. The number of nitrogens with two attached hydrogens (primary N) is 1. The predicted molar refractivity (Wildman–Crippen MR) is 62.3 cm³/mol. The second-order valence-electron chi connectivity index (χ2n) is 5.69. The second kappa shape index (κ2) is 5.13. The summed E-state index contributed by atoms with van der Waals surface area (Å²) in [5.74, 6) is 0.901. The van der Waals surface area contributed by atoms with Crippen LogP contribution in [0.5, 0.6) is 0 Å². The third kappa shape index (κ3) is 4.43. The van der Waals surface area contributed by atoms with E-state index in [9.17, 15) is 0 Å². The average Bonchev–Trinajstić information content (AvgIpc) is 2.06. The standard InChI is InChI=1S/C12H26N2/c1-12(2,3)14-11-6-4-10(5-7-11)8-9-13/h10-11,14H,4-9,13H2,1-3H3. The predicted octanol–water partition coefficient (Wildman–Crippen LogP) is 2.28. The molecule has 1 aliphatic rings. The van der Waals surface area contributed by atoms with E-state index in [2.05, 4.69) is 26.1 Å². The fourth-order valence-electron chi connectivity index (χ4n) is 2.44. The van der Waals surface area contributed by atoms with Crippen LogP contribution in [-0.4, -0.2) is 18.1 Å². The van der Waals surface area contributed by atoms with E-state index >= 15 is 0 Å². The Morgan fingerprint density at radius 2 is 1.71 bits per heavy atom. The summed E-state index contributed by atoms with van der Waals surface area (Å²) in [4.78, 5) is 0. The van der Waals surface area contributed by atoms with Crippen LogP contribution in [0.3, 0.4) is 0 Å². The molecule has 1 rings (SSSR count). The summed E-state index contributed by atoms with van der Waals surface area (Å²) in [7, 11) is 0. The van der Waals surface area contributed by atoms with Crippen molar-refractivity contribution in [3.05, 3.63) is 0 Å². The maximum absolute atomic E-state index is 5.58. The van der Waals surface area contributed by atoms with Crippen molar-refractivity contribution in [2.45, 2.75) is 64.5 Å². The van der Waals surface area contributed by atoms with Crippen LogP contribution in [0, 0.1) is 5.92 Å². The number of hydrogen-bond donors (Lipinski definition) is 2. The summed E-state index contributed by atoms with van der Waals surface area (Å²) in [5, 5.41) is 3.69. The molecule has 1 aliphatic carbocycles. The van der Waals surface area contributed by atoms with Gasteiger partial charge < -0.3 is 11.1 Å². The van der Waals surface area contributed by atoms with Gasteiger partial charge in [-0.2, -0.15) is 0 Å². The maximum atomic E-state index is 5.58. The van der Waals surface area contributed by atoms with Crippen LogP contribution >= 0.6 is 0 Å². The Bertz CT molecular complexity index is 152. The average molecular weight is 198 g/mol. The molecule has 0 aromatic carbocycles. The zero-order chi connectivity index (χ0) is 10.6. The molecule has 2 heteroatoms. The molecule has 0 bridgehead atoms. The van der Waals surface area contributed by atoms with Gasteiger partial charge in [-0.25, -0.2) is 0 Å². The number of nitrogens with one attached hydrogen (secondary N) is 1. The third-order valence-corrected chi connectivity index (χ3v) is 3.06. The van der Waals surface area contributed by atoms with Gasteiger partial charge in [0.2, 0.25) is 0 Å². The molecular weight excluding hydrogens is 172 g/mol. The van der Waals surface area contributed by atoms with E-state index in [4.69, 9.17) is 5.73 Å². The van der Waals surface area contributed by atoms with E-state index in [-0.39, 0.29) is 5.54 Å². The molecule has 3 N–H and O–H groups in total. The minimum absolute atomic E-state index is 0.269. The Balaban J connectivity index is 2.22. The second-order valence-corrected chi connectivity index (χ2v) is 5.69. The van der Waals surface area contributed by atoms with Gasteiger partial charge in [-0.1, -0.05) is 0 Å². The third-order valence-electron chi connectivity index (χ3n) is 3.06. The molecule has 0 spiro atoms. The lowest BCUT2D eigenvalue weighted by molar-refractivity contribution is 0.244. The molecule has 2 nitrogen and oxygen atoms in total. The monoisotopic (exact) mass is 198 g/mol. The molecule has 0 saturated heterocycles. The lowest BCUT2D eigenvalue weighted by Crippen LogP contribution is -2.45. The molecule has 0 aliphatic heterocycles. The molecule has 1 saturated carbocycles. The van der Waals surface area contributed by atoms with Crippen molar-refractivity contribution >= 4 is 0 Å². The molecule has 14 heavy (non-hydrogen) atoms. The first-order chi connectivity index (χ1) is 6.51. The van der Waals surface area contributed by atoms with Crippen molar-refractivity contribution in [2.75, 3.05) is 6.54 Å². The molecule has 0 radical (unpaired) electrons. The summed E-state index contributed by atoms with van der Waals surface area (Å²) in [5.41, 5.74) is 5.85. The molecule has 0 heterocycles. The first-order valence-electron chi connectivity index (χ1n) is 5.99. The Hall–Kier alpha value is -0.0800. The van der Waals surface area contributed by atoms with Gasteiger partial charge in [0.1, 0.15) is 0 Å². The highest BCUT2D eigenvalue weighted by molar-refractivity contribution is 4.82. The van der Waals surface area contributed by atoms with Gasteiger partial charge in [-0.3, -0.25) is 0 Å². The van der Waals surface area contributed by atoms with Crippen LogP contribution in [0.1, 0.15) is 52.9 Å². The van der Waals surface area contributed by atoms with Gasteiger partial charge in [-0.15, -0.1) is 0 Å². The van der Waals surface area contributed by atoms with Crippen LogP contribution in [0.4, 0.5) is 0 Å². The quantitative estimate of drug-likeness (QED) is 0.730. The smallest absolute Gasteiger partial charge is 0.00990 e. The fraction of sp³-hybridized carbons (Fsp3) is 1.00. The van der Waals surface area contributed by atoms with E-state index in [1.807, 2.05) is 0 Å². The molecule has 1 fully saturated rings. The molecular formula is C12H26N2. The van der Waals surface area contributed by atoms with E-state index in [1.165, 1.54) is 32.1 Å². The summed E-state index contributed by atoms with van der Waals surface area (Å²) >= 11 is 0. The first-order valence-corrected chi connectivity index (χ1v) is 5.99.